The van der Waals surface area contributed by atoms with E-state index in [1.54, 1.807) is 12.1 Å². The Hall–Kier alpha value is -2.29. The highest BCUT2D eigenvalue weighted by Gasteiger charge is 2.22. The molecule has 3 nitrogen and oxygen atoms in total. The molecule has 2 rings (SSSR count). The van der Waals surface area contributed by atoms with Gasteiger partial charge in [0.25, 0.3) is 0 Å². The first-order valence-electron chi connectivity index (χ1n) is 8.01. The largest absolute Gasteiger partial charge is 0.493 e. The lowest BCUT2D eigenvalue weighted by molar-refractivity contribution is 0.103. The molecule has 0 unspecified atom stereocenters. The molecule has 0 saturated carbocycles. The standard InChI is InChI=1S/C20H25NO2/c1-5-12-23-18-11-10-14(13-16(18)20(2,3)4)19(22)15-8-6-7-9-17(15)21/h6-11,13H,5,12,21H2,1-4H3. The average molecular weight is 311 g/mol. The SMILES string of the molecule is CCCOc1ccc(C(=O)c2ccccc2N)cc1C(C)(C)C. The summed E-state index contributed by atoms with van der Waals surface area (Å²) in [5.41, 5.74) is 8.53. The predicted molar refractivity (Wildman–Crippen MR) is 95.2 cm³/mol. The summed E-state index contributed by atoms with van der Waals surface area (Å²) in [5.74, 6) is 0.785. The summed E-state index contributed by atoms with van der Waals surface area (Å²) in [6.07, 6.45) is 0.949. The maximum absolute atomic E-state index is 12.8. The normalized spacial score (nSPS) is 11.3. The molecule has 0 bridgehead atoms. The number of anilines is 1. The highest BCUT2D eigenvalue weighted by Crippen LogP contribution is 2.33. The summed E-state index contributed by atoms with van der Waals surface area (Å²) >= 11 is 0. The van der Waals surface area contributed by atoms with Crippen LogP contribution in [-0.4, -0.2) is 12.4 Å². The number of ether oxygens (including phenoxy) is 1. The minimum atomic E-state index is -0.110. The minimum Gasteiger partial charge on any atom is -0.493 e. The Labute approximate surface area is 138 Å². The Balaban J connectivity index is 2.45. The molecule has 2 aromatic rings. The van der Waals surface area contributed by atoms with Gasteiger partial charge in [-0.3, -0.25) is 4.79 Å². The van der Waals surface area contributed by atoms with Crippen LogP contribution >= 0.6 is 0 Å². The van der Waals surface area contributed by atoms with Crippen molar-refractivity contribution in [3.63, 3.8) is 0 Å². The number of para-hydroxylation sites is 1. The van der Waals surface area contributed by atoms with E-state index in [-0.39, 0.29) is 11.2 Å². The minimum absolute atomic E-state index is 0.0596. The van der Waals surface area contributed by atoms with Gasteiger partial charge in [0, 0.05) is 22.4 Å². The van der Waals surface area contributed by atoms with Gasteiger partial charge in [-0.2, -0.15) is 0 Å². The highest BCUT2D eigenvalue weighted by molar-refractivity contribution is 6.12. The first-order chi connectivity index (χ1) is 10.8. The summed E-state index contributed by atoms with van der Waals surface area (Å²) in [6, 6.07) is 12.8. The molecule has 0 heterocycles. The van der Waals surface area contributed by atoms with Crippen LogP contribution < -0.4 is 10.5 Å². The number of rotatable bonds is 5. The molecule has 0 fully saturated rings. The topological polar surface area (TPSA) is 52.3 Å². The van der Waals surface area contributed by atoms with Crippen LogP contribution in [0.15, 0.2) is 42.5 Å². The zero-order valence-corrected chi connectivity index (χ0v) is 14.3. The van der Waals surface area contributed by atoms with Crippen molar-refractivity contribution in [2.45, 2.75) is 39.5 Å². The van der Waals surface area contributed by atoms with Gasteiger partial charge in [0.1, 0.15) is 5.75 Å². The van der Waals surface area contributed by atoms with E-state index in [0.717, 1.165) is 17.7 Å². The number of carbonyl (C=O) groups is 1. The van der Waals surface area contributed by atoms with Crippen molar-refractivity contribution in [2.24, 2.45) is 0 Å². The van der Waals surface area contributed by atoms with Crippen LogP contribution in [0.3, 0.4) is 0 Å². The number of benzene rings is 2. The number of carbonyl (C=O) groups excluding carboxylic acids is 1. The molecule has 0 amide bonds. The molecule has 2 N–H and O–H groups in total. The third-order valence-electron chi connectivity index (χ3n) is 3.72. The third kappa shape index (κ3) is 3.92. The summed E-state index contributed by atoms with van der Waals surface area (Å²) in [6.45, 7) is 9.10. The van der Waals surface area contributed by atoms with Crippen molar-refractivity contribution < 1.29 is 9.53 Å². The molecule has 0 radical (unpaired) electrons. The van der Waals surface area contributed by atoms with Crippen LogP contribution in [0.4, 0.5) is 5.69 Å². The summed E-state index contributed by atoms with van der Waals surface area (Å²) < 4.78 is 5.84. The fourth-order valence-corrected chi connectivity index (χ4v) is 2.45. The van der Waals surface area contributed by atoms with Gasteiger partial charge in [0.05, 0.1) is 6.61 Å². The van der Waals surface area contributed by atoms with Gasteiger partial charge in [-0.05, 0) is 42.2 Å². The monoisotopic (exact) mass is 311 g/mol. The van der Waals surface area contributed by atoms with Crippen LogP contribution in [0.25, 0.3) is 0 Å². The third-order valence-corrected chi connectivity index (χ3v) is 3.72. The van der Waals surface area contributed by atoms with E-state index in [2.05, 4.69) is 27.7 Å². The zero-order valence-electron chi connectivity index (χ0n) is 14.3. The van der Waals surface area contributed by atoms with E-state index in [1.807, 2.05) is 30.3 Å². The van der Waals surface area contributed by atoms with Crippen molar-refractivity contribution in [3.8, 4) is 5.75 Å². The van der Waals surface area contributed by atoms with Crippen LogP contribution in [0.2, 0.25) is 0 Å². The number of ketones is 1. The first-order valence-corrected chi connectivity index (χ1v) is 8.01. The van der Waals surface area contributed by atoms with E-state index in [9.17, 15) is 4.79 Å². The maximum atomic E-state index is 12.8. The van der Waals surface area contributed by atoms with Crippen molar-refractivity contribution in [1.29, 1.82) is 0 Å². The highest BCUT2D eigenvalue weighted by atomic mass is 16.5. The Morgan fingerprint density at radius 2 is 1.83 bits per heavy atom. The van der Waals surface area contributed by atoms with E-state index >= 15 is 0 Å². The molecule has 0 saturated heterocycles. The molecule has 122 valence electrons. The van der Waals surface area contributed by atoms with Crippen LogP contribution in [0.5, 0.6) is 5.75 Å². The Bertz CT molecular complexity index is 699. The van der Waals surface area contributed by atoms with E-state index in [0.29, 0.717) is 23.4 Å². The smallest absolute Gasteiger partial charge is 0.195 e. The molecule has 0 spiro atoms. The second-order valence-corrected chi connectivity index (χ2v) is 6.73. The van der Waals surface area contributed by atoms with Gasteiger partial charge >= 0.3 is 0 Å². The molecule has 3 heteroatoms. The Morgan fingerprint density at radius 1 is 1.13 bits per heavy atom. The molecular formula is C20H25NO2. The van der Waals surface area contributed by atoms with Crippen LogP contribution in [-0.2, 0) is 5.41 Å². The van der Waals surface area contributed by atoms with E-state index in [4.69, 9.17) is 10.5 Å². The number of hydrogen-bond donors (Lipinski definition) is 1. The van der Waals surface area contributed by atoms with Crippen LogP contribution in [0, 0.1) is 0 Å². The summed E-state index contributed by atoms with van der Waals surface area (Å²) in [5, 5.41) is 0. The van der Waals surface area contributed by atoms with Gasteiger partial charge in [-0.1, -0.05) is 39.8 Å². The molecular weight excluding hydrogens is 286 g/mol. The molecule has 23 heavy (non-hydrogen) atoms. The summed E-state index contributed by atoms with van der Waals surface area (Å²) in [7, 11) is 0. The second kappa shape index (κ2) is 6.86. The number of hydrogen-bond acceptors (Lipinski definition) is 3. The molecule has 0 aliphatic rings. The lowest BCUT2D eigenvalue weighted by Gasteiger charge is -2.23. The quantitative estimate of drug-likeness (QED) is 0.649. The van der Waals surface area contributed by atoms with Gasteiger partial charge in [-0.15, -0.1) is 0 Å². The van der Waals surface area contributed by atoms with Gasteiger partial charge in [-0.25, -0.2) is 0 Å². The Kier molecular flexibility index (Phi) is 5.09. The second-order valence-electron chi connectivity index (χ2n) is 6.73. The van der Waals surface area contributed by atoms with E-state index in [1.165, 1.54) is 0 Å². The van der Waals surface area contributed by atoms with Crippen molar-refractivity contribution in [1.82, 2.24) is 0 Å². The molecule has 0 aliphatic carbocycles. The number of nitrogens with two attached hydrogens (primary N) is 1. The Morgan fingerprint density at radius 3 is 2.43 bits per heavy atom. The van der Waals surface area contributed by atoms with E-state index < -0.39 is 0 Å². The van der Waals surface area contributed by atoms with Crippen molar-refractivity contribution in [2.75, 3.05) is 12.3 Å². The zero-order chi connectivity index (χ0) is 17.0. The van der Waals surface area contributed by atoms with Crippen molar-refractivity contribution >= 4 is 11.5 Å². The summed E-state index contributed by atoms with van der Waals surface area (Å²) in [4.78, 5) is 12.8. The maximum Gasteiger partial charge on any atom is 0.195 e. The van der Waals surface area contributed by atoms with Crippen LogP contribution in [0.1, 0.15) is 55.6 Å². The average Bonchev–Trinajstić information content (AvgIpc) is 2.51. The number of nitrogen functional groups attached to an aromatic ring is 1. The fourth-order valence-electron chi connectivity index (χ4n) is 2.45. The predicted octanol–water partition coefficient (Wildman–Crippen LogP) is 4.59. The van der Waals surface area contributed by atoms with Crippen molar-refractivity contribution in [3.05, 3.63) is 59.2 Å². The molecule has 2 aromatic carbocycles. The first kappa shape index (κ1) is 17.1. The molecule has 0 aliphatic heterocycles. The molecule has 0 atom stereocenters. The lowest BCUT2D eigenvalue weighted by atomic mass is 9.84. The fraction of sp³-hybridized carbons (Fsp3) is 0.350. The van der Waals surface area contributed by atoms with Gasteiger partial charge in [0.15, 0.2) is 5.78 Å². The lowest BCUT2D eigenvalue weighted by Crippen LogP contribution is -2.15. The van der Waals surface area contributed by atoms with Gasteiger partial charge < -0.3 is 10.5 Å². The molecule has 0 aromatic heterocycles. The van der Waals surface area contributed by atoms with Gasteiger partial charge in [0.2, 0.25) is 0 Å².